The topological polar surface area (TPSA) is 191 Å². The van der Waals surface area contributed by atoms with Crippen LogP contribution in [0, 0.1) is 5.92 Å². The van der Waals surface area contributed by atoms with Gasteiger partial charge in [0.2, 0.25) is 11.4 Å². The highest BCUT2D eigenvalue weighted by molar-refractivity contribution is 5.91. The van der Waals surface area contributed by atoms with Crippen LogP contribution in [-0.2, 0) is 11.3 Å². The molecule has 5 aromatic rings. The highest BCUT2D eigenvalue weighted by Crippen LogP contribution is 2.31. The van der Waals surface area contributed by atoms with Crippen LogP contribution in [-0.4, -0.2) is 82.5 Å². The first-order valence-corrected chi connectivity index (χ1v) is 18.7. The number of pyridine rings is 1. The summed E-state index contributed by atoms with van der Waals surface area (Å²) in [7, 11) is 0. The van der Waals surface area contributed by atoms with Crippen LogP contribution in [0.1, 0.15) is 70.9 Å². The summed E-state index contributed by atoms with van der Waals surface area (Å²) in [5.74, 6) is 0.772. The number of piperidine rings is 3. The molecule has 0 spiro atoms. The number of amides is 2. The van der Waals surface area contributed by atoms with Gasteiger partial charge >= 0.3 is 6.09 Å². The fraction of sp³-hybridized carbons (Fsp3) is 0.366. The van der Waals surface area contributed by atoms with Crippen LogP contribution < -0.4 is 26.2 Å². The van der Waals surface area contributed by atoms with Crippen molar-refractivity contribution in [3.63, 3.8) is 0 Å². The Hall–Kier alpha value is -5.70. The van der Waals surface area contributed by atoms with Gasteiger partial charge in [-0.25, -0.2) is 9.78 Å². The van der Waals surface area contributed by atoms with Crippen molar-refractivity contribution >= 4 is 22.9 Å². The van der Waals surface area contributed by atoms with E-state index >= 15 is 0 Å². The molecule has 288 valence electrons. The van der Waals surface area contributed by atoms with Crippen molar-refractivity contribution in [2.45, 2.75) is 50.5 Å². The SMILES string of the molecule is O=C(N[C@@H](c1ccccc1)c1cccc(OCc2nc(C(=O)NCCCCNCC(O)c3ccc(O)c4[nH]c(=O)ccc34)co2)c1)OC1CN2CCC1CC2. The number of H-pyrrole nitrogens is 1. The van der Waals surface area contributed by atoms with Gasteiger partial charge in [-0.1, -0.05) is 48.5 Å². The smallest absolute Gasteiger partial charge is 0.408 e. The molecule has 14 nitrogen and oxygen atoms in total. The van der Waals surface area contributed by atoms with E-state index < -0.39 is 18.2 Å². The van der Waals surface area contributed by atoms with Crippen LogP contribution in [0.4, 0.5) is 4.79 Å². The second-order valence-corrected chi connectivity index (χ2v) is 14.0. The maximum absolute atomic E-state index is 13.2. The van der Waals surface area contributed by atoms with Gasteiger partial charge in [0.05, 0.1) is 17.7 Å². The van der Waals surface area contributed by atoms with Gasteiger partial charge in [-0.15, -0.1) is 0 Å². The van der Waals surface area contributed by atoms with Gasteiger partial charge in [0, 0.05) is 31.1 Å². The Kier molecular flexibility index (Phi) is 12.1. The number of ether oxygens (including phenoxy) is 2. The number of aromatic hydroxyl groups is 1. The maximum Gasteiger partial charge on any atom is 0.408 e. The third-order valence-corrected chi connectivity index (χ3v) is 10.3. The minimum Gasteiger partial charge on any atom is -0.506 e. The lowest BCUT2D eigenvalue weighted by Gasteiger charge is -2.43. The lowest BCUT2D eigenvalue weighted by Crippen LogP contribution is -2.52. The zero-order chi connectivity index (χ0) is 38.1. The number of unbranched alkanes of at least 4 members (excludes halogenated alkanes) is 1. The van der Waals surface area contributed by atoms with Crippen molar-refractivity contribution < 1.29 is 33.7 Å². The number of aromatic nitrogens is 2. The van der Waals surface area contributed by atoms with Crippen molar-refractivity contribution in [2.24, 2.45) is 5.92 Å². The summed E-state index contributed by atoms with van der Waals surface area (Å²) in [5.41, 5.74) is 2.42. The minimum atomic E-state index is -0.846. The maximum atomic E-state index is 13.2. The number of carbonyl (C=O) groups excluding carboxylic acids is 2. The Balaban J connectivity index is 0.849. The molecule has 0 aliphatic carbocycles. The van der Waals surface area contributed by atoms with E-state index in [-0.39, 0.29) is 53.6 Å². The summed E-state index contributed by atoms with van der Waals surface area (Å²) in [6.07, 6.45) is 3.45. The second kappa shape index (κ2) is 17.6. The number of aliphatic hydroxyl groups excluding tert-OH is 1. The average Bonchev–Trinajstić information content (AvgIpc) is 3.69. The molecule has 3 fully saturated rings. The summed E-state index contributed by atoms with van der Waals surface area (Å²) in [4.78, 5) is 46.8. The molecule has 0 saturated carbocycles. The van der Waals surface area contributed by atoms with E-state index in [1.54, 1.807) is 12.1 Å². The molecule has 5 heterocycles. The van der Waals surface area contributed by atoms with Crippen LogP contribution >= 0.6 is 0 Å². The number of phenolic OH excluding ortho intramolecular Hbond substituents is 1. The first kappa shape index (κ1) is 37.6. The third-order valence-electron chi connectivity index (χ3n) is 10.3. The summed E-state index contributed by atoms with van der Waals surface area (Å²) in [6.45, 7) is 4.22. The van der Waals surface area contributed by atoms with Crippen LogP contribution in [0.3, 0.4) is 0 Å². The Morgan fingerprint density at radius 2 is 1.78 bits per heavy atom. The Labute approximate surface area is 317 Å². The molecule has 0 radical (unpaired) electrons. The van der Waals surface area contributed by atoms with Crippen LogP contribution in [0.5, 0.6) is 11.5 Å². The molecule has 3 aliphatic heterocycles. The number of nitrogens with one attached hydrogen (secondary N) is 4. The van der Waals surface area contributed by atoms with Crippen molar-refractivity contribution in [1.82, 2.24) is 30.8 Å². The summed E-state index contributed by atoms with van der Waals surface area (Å²) in [6, 6.07) is 22.7. The zero-order valence-electron chi connectivity index (χ0n) is 30.4. The fourth-order valence-corrected chi connectivity index (χ4v) is 7.31. The highest BCUT2D eigenvalue weighted by atomic mass is 16.6. The first-order valence-electron chi connectivity index (χ1n) is 18.7. The van der Waals surface area contributed by atoms with E-state index in [2.05, 4.69) is 30.8 Å². The number of hydrogen-bond acceptors (Lipinski definition) is 11. The average molecular weight is 751 g/mol. The number of phenols is 1. The predicted molar refractivity (Wildman–Crippen MR) is 204 cm³/mol. The monoisotopic (exact) mass is 750 g/mol. The molecule has 2 amide bonds. The number of aromatic amines is 1. The number of carbonyl (C=O) groups is 2. The van der Waals surface area contributed by atoms with Crippen LogP contribution in [0.2, 0.25) is 0 Å². The minimum absolute atomic E-state index is 0.00281. The molecule has 3 atom stereocenters. The summed E-state index contributed by atoms with van der Waals surface area (Å²) >= 11 is 0. The van der Waals surface area contributed by atoms with Crippen molar-refractivity contribution in [3.05, 3.63) is 124 Å². The molecule has 2 unspecified atom stereocenters. The lowest BCUT2D eigenvalue weighted by molar-refractivity contribution is -0.0336. The summed E-state index contributed by atoms with van der Waals surface area (Å²) < 4.78 is 17.5. The van der Waals surface area contributed by atoms with Crippen LogP contribution in [0.15, 0.2) is 94.3 Å². The number of rotatable bonds is 16. The zero-order valence-corrected chi connectivity index (χ0v) is 30.4. The second-order valence-electron chi connectivity index (χ2n) is 14.0. The molecular formula is C41H46N6O8. The molecule has 8 rings (SSSR count). The summed E-state index contributed by atoms with van der Waals surface area (Å²) in [5, 5.41) is 30.5. The lowest BCUT2D eigenvalue weighted by atomic mass is 9.86. The van der Waals surface area contributed by atoms with Gasteiger partial charge < -0.3 is 45.0 Å². The van der Waals surface area contributed by atoms with Gasteiger partial charge in [0.1, 0.15) is 23.9 Å². The normalized spacial score (nSPS) is 18.7. The molecule has 6 N–H and O–H groups in total. The number of oxazole rings is 1. The molecule has 3 aliphatic rings. The van der Waals surface area contributed by atoms with Crippen molar-refractivity contribution in [2.75, 3.05) is 39.3 Å². The van der Waals surface area contributed by atoms with Crippen LogP contribution in [0.25, 0.3) is 10.9 Å². The molecule has 3 saturated heterocycles. The Bertz CT molecular complexity index is 2130. The Morgan fingerprint density at radius 3 is 2.58 bits per heavy atom. The molecule has 55 heavy (non-hydrogen) atoms. The van der Waals surface area contributed by atoms with E-state index in [1.165, 1.54) is 18.4 Å². The third kappa shape index (κ3) is 9.52. The number of alkyl carbamates (subject to hydrolysis) is 1. The fourth-order valence-electron chi connectivity index (χ4n) is 7.31. The van der Waals surface area contributed by atoms with Crippen molar-refractivity contribution in [3.8, 4) is 11.5 Å². The predicted octanol–water partition coefficient (Wildman–Crippen LogP) is 4.54. The molecular weight excluding hydrogens is 704 g/mol. The molecule has 2 aromatic heterocycles. The Morgan fingerprint density at radius 1 is 0.982 bits per heavy atom. The standard InChI is InChI=1S/C41H46N6O8/c48-33-13-11-30(31-12-14-36(50)45-39(31)33)34(49)22-42-17-4-5-18-43-40(51)32-24-54-37(44-32)25-53-29-10-6-9-28(21-29)38(27-7-2-1-3-8-27)46-41(52)55-35-23-47-19-15-26(35)16-20-47/h1-3,6-14,21,24,26,34-35,38,42,48-49H,4-5,15-20,22-23,25H2,(H,43,51)(H,45,50)(H,46,52)/t34?,35?,38-/m0/s1. The number of fused-ring (bicyclic) bond motifs is 4. The number of aliphatic hydroxyl groups is 1. The van der Waals surface area contributed by atoms with E-state index in [4.69, 9.17) is 13.9 Å². The molecule has 3 aromatic carbocycles. The van der Waals surface area contributed by atoms with E-state index in [1.807, 2.05) is 54.6 Å². The number of benzene rings is 3. The van der Waals surface area contributed by atoms with Gasteiger partial charge in [-0.05, 0) is 92.2 Å². The van der Waals surface area contributed by atoms with Gasteiger partial charge in [-0.2, -0.15) is 0 Å². The highest BCUT2D eigenvalue weighted by Gasteiger charge is 2.37. The van der Waals surface area contributed by atoms with Crippen molar-refractivity contribution in [1.29, 1.82) is 0 Å². The molecule has 2 bridgehead atoms. The largest absolute Gasteiger partial charge is 0.506 e. The van der Waals surface area contributed by atoms with E-state index in [0.717, 1.165) is 50.0 Å². The number of hydrogen-bond donors (Lipinski definition) is 6. The van der Waals surface area contributed by atoms with E-state index in [9.17, 15) is 24.6 Å². The quantitative estimate of drug-likeness (QED) is 0.0777. The first-order chi connectivity index (χ1) is 26.8. The van der Waals surface area contributed by atoms with Gasteiger partial charge in [0.25, 0.3) is 5.91 Å². The van der Waals surface area contributed by atoms with Gasteiger partial charge in [0.15, 0.2) is 12.3 Å². The number of nitrogens with zero attached hydrogens (tertiary/aromatic N) is 2. The molecule has 14 heteroatoms. The van der Waals surface area contributed by atoms with Gasteiger partial charge in [-0.3, -0.25) is 14.5 Å². The van der Waals surface area contributed by atoms with E-state index in [0.29, 0.717) is 42.1 Å².